The van der Waals surface area contributed by atoms with Crippen LogP contribution in [-0.4, -0.2) is 34.5 Å². The molecule has 1 aliphatic heterocycles. The highest BCUT2D eigenvalue weighted by molar-refractivity contribution is 5.66. The van der Waals surface area contributed by atoms with Crippen molar-refractivity contribution in [3.05, 3.63) is 12.2 Å². The summed E-state index contributed by atoms with van der Waals surface area (Å²) in [5.41, 5.74) is 0. The summed E-state index contributed by atoms with van der Waals surface area (Å²) in [6.45, 7) is 2.17. The number of ether oxygens (including phenoxy) is 1. The smallest absolute Gasteiger partial charge is 0.303 e. The van der Waals surface area contributed by atoms with Crippen molar-refractivity contribution in [2.24, 2.45) is 0 Å². The van der Waals surface area contributed by atoms with Gasteiger partial charge in [0, 0.05) is 6.42 Å². The average molecular weight is 312 g/mol. The molecule has 4 heteroatoms. The van der Waals surface area contributed by atoms with Crippen LogP contribution in [0, 0.1) is 0 Å². The fraction of sp³-hybridized carbons (Fsp3) is 0.833. The predicted octanol–water partition coefficient (Wildman–Crippen LogP) is 4.07. The molecule has 0 spiro atoms. The van der Waals surface area contributed by atoms with Crippen LogP contribution in [0.4, 0.5) is 0 Å². The van der Waals surface area contributed by atoms with Gasteiger partial charge in [0.25, 0.3) is 0 Å². The van der Waals surface area contributed by atoms with E-state index in [-0.39, 0.29) is 24.7 Å². The van der Waals surface area contributed by atoms with Crippen molar-refractivity contribution < 1.29 is 19.7 Å². The van der Waals surface area contributed by atoms with E-state index in [2.05, 4.69) is 19.1 Å². The van der Waals surface area contributed by atoms with Crippen molar-refractivity contribution in [2.75, 3.05) is 0 Å². The van der Waals surface area contributed by atoms with Gasteiger partial charge in [-0.05, 0) is 25.7 Å². The SMILES string of the molecule is CCCCCC(O)C1CC=CC(CCCCCCC(=O)O)O1. The highest BCUT2D eigenvalue weighted by Gasteiger charge is 2.24. The van der Waals surface area contributed by atoms with Gasteiger partial charge >= 0.3 is 5.97 Å². The summed E-state index contributed by atoms with van der Waals surface area (Å²) < 4.78 is 5.99. The second kappa shape index (κ2) is 11.7. The highest BCUT2D eigenvalue weighted by atomic mass is 16.5. The van der Waals surface area contributed by atoms with Gasteiger partial charge in [-0.1, -0.05) is 57.6 Å². The van der Waals surface area contributed by atoms with E-state index >= 15 is 0 Å². The highest BCUT2D eigenvalue weighted by Crippen LogP contribution is 2.22. The molecule has 0 saturated carbocycles. The largest absolute Gasteiger partial charge is 0.481 e. The molecule has 128 valence electrons. The molecule has 0 fully saturated rings. The molecule has 0 aliphatic carbocycles. The first kappa shape index (κ1) is 19.2. The lowest BCUT2D eigenvalue weighted by Crippen LogP contribution is -2.34. The normalized spacial score (nSPS) is 22.6. The van der Waals surface area contributed by atoms with Crippen LogP contribution in [0.15, 0.2) is 12.2 Å². The number of aliphatic hydroxyl groups excluding tert-OH is 1. The van der Waals surface area contributed by atoms with Gasteiger partial charge in [-0.3, -0.25) is 4.79 Å². The third-order valence-corrected chi connectivity index (χ3v) is 4.23. The van der Waals surface area contributed by atoms with E-state index in [4.69, 9.17) is 9.84 Å². The third-order valence-electron chi connectivity index (χ3n) is 4.23. The summed E-state index contributed by atoms with van der Waals surface area (Å²) in [6.07, 6.45) is 14.0. The molecule has 0 aromatic carbocycles. The van der Waals surface area contributed by atoms with Gasteiger partial charge in [-0.25, -0.2) is 0 Å². The van der Waals surface area contributed by atoms with Crippen LogP contribution >= 0.6 is 0 Å². The molecule has 3 unspecified atom stereocenters. The zero-order valence-electron chi connectivity index (χ0n) is 13.9. The molecule has 0 aromatic heterocycles. The van der Waals surface area contributed by atoms with E-state index in [1.54, 1.807) is 0 Å². The van der Waals surface area contributed by atoms with E-state index in [9.17, 15) is 9.90 Å². The van der Waals surface area contributed by atoms with Crippen LogP contribution in [0.2, 0.25) is 0 Å². The Kier molecular flexibility index (Phi) is 10.2. The van der Waals surface area contributed by atoms with Gasteiger partial charge in [-0.15, -0.1) is 0 Å². The maximum atomic E-state index is 10.4. The summed E-state index contributed by atoms with van der Waals surface area (Å²) in [5.74, 6) is -0.710. The molecular weight excluding hydrogens is 280 g/mol. The van der Waals surface area contributed by atoms with E-state index in [1.807, 2.05) is 0 Å². The van der Waals surface area contributed by atoms with Crippen molar-refractivity contribution in [2.45, 2.75) is 95.9 Å². The van der Waals surface area contributed by atoms with Gasteiger partial charge in [0.05, 0.1) is 18.3 Å². The number of unbranched alkanes of at least 4 members (excludes halogenated alkanes) is 5. The molecule has 3 atom stereocenters. The third kappa shape index (κ3) is 8.54. The Hall–Kier alpha value is -0.870. The van der Waals surface area contributed by atoms with Crippen LogP contribution in [0.1, 0.15) is 77.6 Å². The molecule has 0 saturated heterocycles. The quantitative estimate of drug-likeness (QED) is 0.421. The number of carbonyl (C=O) groups is 1. The van der Waals surface area contributed by atoms with Gasteiger partial charge in [0.2, 0.25) is 0 Å². The Balaban J connectivity index is 2.13. The number of carboxylic acid groups (broad SMARTS) is 1. The number of aliphatic hydroxyl groups is 1. The maximum Gasteiger partial charge on any atom is 0.303 e. The Labute approximate surface area is 134 Å². The minimum Gasteiger partial charge on any atom is -0.481 e. The summed E-state index contributed by atoms with van der Waals surface area (Å²) in [4.78, 5) is 10.4. The number of hydrogen-bond donors (Lipinski definition) is 2. The van der Waals surface area contributed by atoms with Crippen LogP contribution in [0.3, 0.4) is 0 Å². The lowest BCUT2D eigenvalue weighted by atomic mass is 9.99. The van der Waals surface area contributed by atoms with Crippen LogP contribution in [-0.2, 0) is 9.53 Å². The Morgan fingerprint density at radius 2 is 2.00 bits per heavy atom. The minimum absolute atomic E-state index is 0.0566. The molecule has 1 rings (SSSR count). The minimum atomic E-state index is -0.710. The molecule has 0 radical (unpaired) electrons. The average Bonchev–Trinajstić information content (AvgIpc) is 2.51. The maximum absolute atomic E-state index is 10.4. The molecule has 1 heterocycles. The van der Waals surface area contributed by atoms with Crippen molar-refractivity contribution in [3.8, 4) is 0 Å². The van der Waals surface area contributed by atoms with E-state index in [1.165, 1.54) is 12.8 Å². The molecule has 1 aliphatic rings. The van der Waals surface area contributed by atoms with Gasteiger partial charge in [-0.2, -0.15) is 0 Å². The fourth-order valence-electron chi connectivity index (χ4n) is 2.87. The number of rotatable bonds is 12. The van der Waals surface area contributed by atoms with E-state index in [0.717, 1.165) is 51.4 Å². The molecule has 0 aromatic rings. The zero-order chi connectivity index (χ0) is 16.2. The van der Waals surface area contributed by atoms with Crippen molar-refractivity contribution in [1.29, 1.82) is 0 Å². The Morgan fingerprint density at radius 1 is 1.23 bits per heavy atom. The summed E-state index contributed by atoms with van der Waals surface area (Å²) in [7, 11) is 0. The Morgan fingerprint density at radius 3 is 2.73 bits per heavy atom. The molecule has 2 N–H and O–H groups in total. The molecule has 22 heavy (non-hydrogen) atoms. The van der Waals surface area contributed by atoms with Gasteiger partial charge in [0.15, 0.2) is 0 Å². The molecule has 0 amide bonds. The van der Waals surface area contributed by atoms with Crippen molar-refractivity contribution >= 4 is 5.97 Å². The van der Waals surface area contributed by atoms with Gasteiger partial charge < -0.3 is 14.9 Å². The summed E-state index contributed by atoms with van der Waals surface area (Å²) in [6, 6.07) is 0. The number of carboxylic acids is 1. The fourth-order valence-corrected chi connectivity index (χ4v) is 2.87. The predicted molar refractivity (Wildman–Crippen MR) is 87.9 cm³/mol. The van der Waals surface area contributed by atoms with E-state index in [0.29, 0.717) is 0 Å². The molecule has 0 bridgehead atoms. The lowest BCUT2D eigenvalue weighted by Gasteiger charge is -2.29. The first-order chi connectivity index (χ1) is 10.6. The summed E-state index contributed by atoms with van der Waals surface area (Å²) in [5, 5.41) is 18.8. The van der Waals surface area contributed by atoms with Crippen LogP contribution in [0.5, 0.6) is 0 Å². The van der Waals surface area contributed by atoms with Crippen LogP contribution < -0.4 is 0 Å². The molecular formula is C18H32O4. The first-order valence-corrected chi connectivity index (χ1v) is 8.85. The standard InChI is InChI=1S/C18H32O4/c1-2-3-6-12-16(19)17-13-9-11-15(22-17)10-7-4-5-8-14-18(20)21/h9,11,15-17,19H,2-8,10,12-14H2,1H3,(H,20,21). The lowest BCUT2D eigenvalue weighted by molar-refractivity contribution is -0.137. The second-order valence-electron chi connectivity index (χ2n) is 6.29. The topological polar surface area (TPSA) is 66.8 Å². The molecule has 4 nitrogen and oxygen atoms in total. The van der Waals surface area contributed by atoms with Gasteiger partial charge in [0.1, 0.15) is 0 Å². The Bertz CT molecular complexity index is 327. The summed E-state index contributed by atoms with van der Waals surface area (Å²) >= 11 is 0. The second-order valence-corrected chi connectivity index (χ2v) is 6.29. The number of aliphatic carboxylic acids is 1. The van der Waals surface area contributed by atoms with Crippen LogP contribution in [0.25, 0.3) is 0 Å². The van der Waals surface area contributed by atoms with E-state index < -0.39 is 5.97 Å². The zero-order valence-corrected chi connectivity index (χ0v) is 13.9. The monoisotopic (exact) mass is 312 g/mol. The van der Waals surface area contributed by atoms with Crippen molar-refractivity contribution in [3.63, 3.8) is 0 Å². The number of hydrogen-bond acceptors (Lipinski definition) is 3. The first-order valence-electron chi connectivity index (χ1n) is 8.85. The van der Waals surface area contributed by atoms with Crippen molar-refractivity contribution in [1.82, 2.24) is 0 Å².